The molecule has 0 aliphatic carbocycles. The van der Waals surface area contributed by atoms with E-state index >= 15 is 0 Å². The topological polar surface area (TPSA) is 66.5 Å². The molecule has 1 amide bonds. The number of benzene rings is 2. The lowest BCUT2D eigenvalue weighted by molar-refractivity contribution is 0.0940. The molecule has 0 aliphatic rings. The highest BCUT2D eigenvalue weighted by molar-refractivity contribution is 7.92. The molecule has 2 aromatic carbocycles. The summed E-state index contributed by atoms with van der Waals surface area (Å²) in [4.78, 5) is 12.6. The molecule has 0 fully saturated rings. The number of carbonyl (C=O) groups excluding carboxylic acids is 1. The number of rotatable bonds is 7. The zero-order valence-electron chi connectivity index (χ0n) is 14.8. The SMILES string of the molecule is CC[C@H](C)NC(=O)c1ccccc1N(Cc1ccccc1)S(C)(=O)=O. The monoisotopic (exact) mass is 360 g/mol. The molecule has 1 N–H and O–H groups in total. The maximum Gasteiger partial charge on any atom is 0.253 e. The summed E-state index contributed by atoms with van der Waals surface area (Å²) in [5.41, 5.74) is 1.59. The van der Waals surface area contributed by atoms with Gasteiger partial charge >= 0.3 is 0 Å². The van der Waals surface area contributed by atoms with Gasteiger partial charge in [-0.25, -0.2) is 8.42 Å². The lowest BCUT2D eigenvalue weighted by Crippen LogP contribution is -2.35. The highest BCUT2D eigenvalue weighted by atomic mass is 32.2. The quantitative estimate of drug-likeness (QED) is 0.825. The van der Waals surface area contributed by atoms with Crippen molar-refractivity contribution in [1.29, 1.82) is 0 Å². The van der Waals surface area contributed by atoms with Gasteiger partial charge in [-0.1, -0.05) is 49.4 Å². The predicted octanol–water partition coefficient (Wildman–Crippen LogP) is 3.18. The fraction of sp³-hybridized carbons (Fsp3) is 0.316. The third-order valence-corrected chi connectivity index (χ3v) is 5.10. The van der Waals surface area contributed by atoms with Crippen LogP contribution >= 0.6 is 0 Å². The zero-order chi connectivity index (χ0) is 18.4. The first-order chi connectivity index (χ1) is 11.8. The molecule has 0 saturated heterocycles. The molecule has 0 heterocycles. The van der Waals surface area contributed by atoms with E-state index < -0.39 is 10.0 Å². The number of carbonyl (C=O) groups is 1. The van der Waals surface area contributed by atoms with Crippen molar-refractivity contribution in [2.75, 3.05) is 10.6 Å². The van der Waals surface area contributed by atoms with Crippen LogP contribution in [0.25, 0.3) is 0 Å². The molecule has 25 heavy (non-hydrogen) atoms. The van der Waals surface area contributed by atoms with E-state index in [2.05, 4.69) is 5.32 Å². The fourth-order valence-electron chi connectivity index (χ4n) is 2.42. The lowest BCUT2D eigenvalue weighted by Gasteiger charge is -2.25. The molecule has 1 atom stereocenters. The van der Waals surface area contributed by atoms with E-state index in [-0.39, 0.29) is 18.5 Å². The highest BCUT2D eigenvalue weighted by Gasteiger charge is 2.23. The van der Waals surface area contributed by atoms with Crippen molar-refractivity contribution >= 4 is 21.6 Å². The number of hydrogen-bond acceptors (Lipinski definition) is 3. The van der Waals surface area contributed by atoms with Gasteiger partial charge in [0.25, 0.3) is 5.91 Å². The first-order valence-corrected chi connectivity index (χ1v) is 10.1. The van der Waals surface area contributed by atoms with Crippen LogP contribution in [0.3, 0.4) is 0 Å². The largest absolute Gasteiger partial charge is 0.350 e. The van der Waals surface area contributed by atoms with Crippen molar-refractivity contribution in [3.63, 3.8) is 0 Å². The fourth-order valence-corrected chi connectivity index (χ4v) is 3.32. The van der Waals surface area contributed by atoms with Crippen molar-refractivity contribution in [2.24, 2.45) is 0 Å². The molecule has 0 aromatic heterocycles. The molecule has 0 aliphatic heterocycles. The summed E-state index contributed by atoms with van der Waals surface area (Å²) < 4.78 is 26.0. The predicted molar refractivity (Wildman–Crippen MR) is 101 cm³/mol. The van der Waals surface area contributed by atoms with E-state index in [1.165, 1.54) is 4.31 Å². The Balaban J connectivity index is 2.43. The van der Waals surface area contributed by atoms with Crippen LogP contribution < -0.4 is 9.62 Å². The van der Waals surface area contributed by atoms with E-state index in [1.54, 1.807) is 24.3 Å². The summed E-state index contributed by atoms with van der Waals surface area (Å²) in [5.74, 6) is -0.272. The number of nitrogens with zero attached hydrogens (tertiary/aromatic N) is 1. The van der Waals surface area contributed by atoms with Crippen LogP contribution in [0, 0.1) is 0 Å². The average molecular weight is 360 g/mol. The van der Waals surface area contributed by atoms with E-state index in [4.69, 9.17) is 0 Å². The zero-order valence-corrected chi connectivity index (χ0v) is 15.6. The first kappa shape index (κ1) is 19.0. The molecule has 2 rings (SSSR count). The van der Waals surface area contributed by atoms with Gasteiger partial charge in [-0.3, -0.25) is 9.10 Å². The maximum atomic E-state index is 12.6. The van der Waals surface area contributed by atoms with Gasteiger partial charge in [0.15, 0.2) is 0 Å². The minimum Gasteiger partial charge on any atom is -0.350 e. The van der Waals surface area contributed by atoms with Gasteiger partial charge in [0.05, 0.1) is 24.1 Å². The Morgan fingerprint density at radius 3 is 2.28 bits per heavy atom. The van der Waals surface area contributed by atoms with E-state index in [0.29, 0.717) is 11.3 Å². The summed E-state index contributed by atoms with van der Waals surface area (Å²) in [7, 11) is -3.55. The summed E-state index contributed by atoms with van der Waals surface area (Å²) in [6.45, 7) is 4.07. The number of para-hydroxylation sites is 1. The minimum absolute atomic E-state index is 0.0152. The summed E-state index contributed by atoms with van der Waals surface area (Å²) in [6.07, 6.45) is 1.95. The Labute approximate surface area is 149 Å². The van der Waals surface area contributed by atoms with Gasteiger partial charge in [0, 0.05) is 6.04 Å². The van der Waals surface area contributed by atoms with E-state index in [9.17, 15) is 13.2 Å². The third-order valence-electron chi connectivity index (χ3n) is 3.98. The van der Waals surface area contributed by atoms with Gasteiger partial charge < -0.3 is 5.32 Å². The molecule has 2 aromatic rings. The van der Waals surface area contributed by atoms with Gasteiger partial charge in [-0.05, 0) is 31.0 Å². The van der Waals surface area contributed by atoms with Crippen molar-refractivity contribution < 1.29 is 13.2 Å². The van der Waals surface area contributed by atoms with Gasteiger partial charge in [-0.15, -0.1) is 0 Å². The van der Waals surface area contributed by atoms with Crippen molar-refractivity contribution in [3.05, 3.63) is 65.7 Å². The second-order valence-corrected chi connectivity index (χ2v) is 7.96. The molecule has 0 radical (unpaired) electrons. The molecule has 6 heteroatoms. The summed E-state index contributed by atoms with van der Waals surface area (Å²) in [6, 6.07) is 16.1. The maximum absolute atomic E-state index is 12.6. The Kier molecular flexibility index (Phi) is 6.20. The van der Waals surface area contributed by atoms with Crippen molar-refractivity contribution in [1.82, 2.24) is 5.32 Å². The summed E-state index contributed by atoms with van der Waals surface area (Å²) in [5, 5.41) is 2.90. The molecule has 0 unspecified atom stereocenters. The van der Waals surface area contributed by atoms with E-state index in [0.717, 1.165) is 18.2 Å². The first-order valence-electron chi connectivity index (χ1n) is 8.24. The molecular formula is C19H24N2O3S. The Bertz CT molecular complexity index is 820. The second-order valence-electron chi connectivity index (χ2n) is 6.06. The second kappa shape index (κ2) is 8.16. The molecular weight excluding hydrogens is 336 g/mol. The van der Waals surface area contributed by atoms with Crippen molar-refractivity contribution in [3.8, 4) is 0 Å². The minimum atomic E-state index is -3.55. The Hall–Kier alpha value is -2.34. The van der Waals surface area contributed by atoms with Crippen LogP contribution in [0.15, 0.2) is 54.6 Å². The van der Waals surface area contributed by atoms with Gasteiger partial charge in [0.2, 0.25) is 10.0 Å². The normalized spacial score (nSPS) is 12.4. The number of nitrogens with one attached hydrogen (secondary N) is 1. The van der Waals surface area contributed by atoms with Crippen LogP contribution in [0.4, 0.5) is 5.69 Å². The Morgan fingerprint density at radius 1 is 1.08 bits per heavy atom. The highest BCUT2D eigenvalue weighted by Crippen LogP contribution is 2.25. The number of hydrogen-bond donors (Lipinski definition) is 1. The van der Waals surface area contributed by atoms with Crippen LogP contribution in [-0.4, -0.2) is 26.6 Å². The van der Waals surface area contributed by atoms with Crippen molar-refractivity contribution in [2.45, 2.75) is 32.9 Å². The standard InChI is InChI=1S/C19H24N2O3S/c1-4-15(2)20-19(22)17-12-8-9-13-18(17)21(25(3,23)24)14-16-10-6-5-7-11-16/h5-13,15H,4,14H2,1-3H3,(H,20,22)/t15-/m0/s1. The van der Waals surface area contributed by atoms with Crippen LogP contribution in [0.1, 0.15) is 36.2 Å². The van der Waals surface area contributed by atoms with Crippen LogP contribution in [0.5, 0.6) is 0 Å². The third kappa shape index (κ3) is 5.06. The number of anilines is 1. The molecule has 134 valence electrons. The average Bonchev–Trinajstić information content (AvgIpc) is 2.59. The number of amides is 1. The molecule has 0 spiro atoms. The van der Waals surface area contributed by atoms with Crippen LogP contribution in [-0.2, 0) is 16.6 Å². The smallest absolute Gasteiger partial charge is 0.253 e. The molecule has 5 nitrogen and oxygen atoms in total. The van der Waals surface area contributed by atoms with Gasteiger partial charge in [-0.2, -0.15) is 0 Å². The van der Waals surface area contributed by atoms with Gasteiger partial charge in [0.1, 0.15) is 0 Å². The Morgan fingerprint density at radius 2 is 1.68 bits per heavy atom. The molecule has 0 bridgehead atoms. The summed E-state index contributed by atoms with van der Waals surface area (Å²) >= 11 is 0. The lowest BCUT2D eigenvalue weighted by atomic mass is 10.1. The van der Waals surface area contributed by atoms with E-state index in [1.807, 2.05) is 44.2 Å². The number of sulfonamides is 1. The van der Waals surface area contributed by atoms with Crippen LogP contribution in [0.2, 0.25) is 0 Å². The molecule has 0 saturated carbocycles.